The Bertz CT molecular complexity index is 711. The van der Waals surface area contributed by atoms with Crippen LogP contribution < -0.4 is 10.1 Å². The minimum Gasteiger partial charge on any atom is -0.494 e. The monoisotopic (exact) mass is 283 g/mol. The van der Waals surface area contributed by atoms with Gasteiger partial charge in [0.1, 0.15) is 23.4 Å². The number of nitrogens with zero attached hydrogens (tertiary/aromatic N) is 3. The number of para-hydroxylation sites is 1. The van der Waals surface area contributed by atoms with E-state index in [2.05, 4.69) is 31.5 Å². The topological polar surface area (TPSA) is 75.7 Å². The Kier molecular flexibility index (Phi) is 4.07. The van der Waals surface area contributed by atoms with Crippen molar-refractivity contribution in [1.82, 2.24) is 25.5 Å². The average Bonchev–Trinajstić information content (AvgIpc) is 3.04. The van der Waals surface area contributed by atoms with Crippen molar-refractivity contribution in [2.45, 2.75) is 13.0 Å². The molecule has 0 fully saturated rings. The molecule has 0 aliphatic heterocycles. The zero-order chi connectivity index (χ0) is 14.5. The number of benzene rings is 1. The molecule has 0 saturated heterocycles. The average molecular weight is 283 g/mol. The van der Waals surface area contributed by atoms with Crippen molar-refractivity contribution < 1.29 is 4.74 Å². The van der Waals surface area contributed by atoms with Gasteiger partial charge in [0.2, 0.25) is 0 Å². The van der Waals surface area contributed by atoms with Crippen molar-refractivity contribution in [3.63, 3.8) is 0 Å². The molecule has 0 atom stereocenters. The molecule has 1 aromatic carbocycles. The molecule has 6 heteroatoms. The Morgan fingerprint density at radius 1 is 1.24 bits per heavy atom. The summed E-state index contributed by atoms with van der Waals surface area (Å²) >= 11 is 0. The van der Waals surface area contributed by atoms with Crippen molar-refractivity contribution in [1.29, 1.82) is 0 Å². The van der Waals surface area contributed by atoms with E-state index < -0.39 is 0 Å². The maximum Gasteiger partial charge on any atom is 0.145 e. The number of fused-ring (bicyclic) bond motifs is 1. The van der Waals surface area contributed by atoms with Crippen LogP contribution in [-0.2, 0) is 13.0 Å². The quantitative estimate of drug-likeness (QED) is 0.673. The lowest BCUT2D eigenvalue weighted by molar-refractivity contribution is 0.418. The second-order valence-electron chi connectivity index (χ2n) is 4.69. The van der Waals surface area contributed by atoms with Crippen LogP contribution in [-0.4, -0.2) is 33.8 Å². The van der Waals surface area contributed by atoms with Gasteiger partial charge >= 0.3 is 0 Å². The van der Waals surface area contributed by atoms with Crippen molar-refractivity contribution in [3.05, 3.63) is 48.2 Å². The molecule has 6 nitrogen and oxygen atoms in total. The van der Waals surface area contributed by atoms with Crippen LogP contribution in [0.4, 0.5) is 0 Å². The van der Waals surface area contributed by atoms with Crippen LogP contribution in [0.3, 0.4) is 0 Å². The molecule has 0 unspecified atom stereocenters. The molecule has 0 aliphatic carbocycles. The number of nitrogens with one attached hydrogen (secondary N) is 2. The summed E-state index contributed by atoms with van der Waals surface area (Å²) in [5, 5.41) is 11.1. The van der Waals surface area contributed by atoms with E-state index in [-0.39, 0.29) is 0 Å². The van der Waals surface area contributed by atoms with Crippen LogP contribution in [0.2, 0.25) is 0 Å². The van der Waals surface area contributed by atoms with Crippen LogP contribution in [0.1, 0.15) is 11.5 Å². The predicted molar refractivity (Wildman–Crippen MR) is 80.1 cm³/mol. The fourth-order valence-corrected chi connectivity index (χ4v) is 2.20. The molecule has 21 heavy (non-hydrogen) atoms. The molecule has 0 spiro atoms. The van der Waals surface area contributed by atoms with Gasteiger partial charge in [-0.1, -0.05) is 18.2 Å². The maximum absolute atomic E-state index is 5.35. The summed E-state index contributed by atoms with van der Waals surface area (Å²) in [6.45, 7) is 1.53. The van der Waals surface area contributed by atoms with Gasteiger partial charge in [-0.05, 0) is 12.1 Å². The lowest BCUT2D eigenvalue weighted by atomic mass is 10.2. The van der Waals surface area contributed by atoms with Crippen molar-refractivity contribution in [2.24, 2.45) is 0 Å². The van der Waals surface area contributed by atoms with E-state index in [0.717, 1.165) is 41.1 Å². The number of hydrogen-bond acceptors (Lipinski definition) is 5. The molecule has 0 bridgehead atoms. The number of methoxy groups -OCH3 is 1. The Morgan fingerprint density at radius 3 is 3.00 bits per heavy atom. The third-order valence-corrected chi connectivity index (χ3v) is 3.27. The van der Waals surface area contributed by atoms with Crippen LogP contribution in [0.15, 0.2) is 36.7 Å². The molecule has 2 heterocycles. The van der Waals surface area contributed by atoms with Crippen molar-refractivity contribution in [3.8, 4) is 5.75 Å². The first kappa shape index (κ1) is 13.5. The minimum absolute atomic E-state index is 0.710. The Morgan fingerprint density at radius 2 is 2.19 bits per heavy atom. The number of aromatic amines is 1. The van der Waals surface area contributed by atoms with Crippen LogP contribution in [0.5, 0.6) is 5.75 Å². The van der Waals surface area contributed by atoms with Gasteiger partial charge in [-0.15, -0.1) is 0 Å². The summed E-state index contributed by atoms with van der Waals surface area (Å²) in [6.07, 6.45) is 2.34. The number of pyridine rings is 1. The second kappa shape index (κ2) is 6.32. The highest BCUT2D eigenvalue weighted by molar-refractivity contribution is 5.84. The summed E-state index contributed by atoms with van der Waals surface area (Å²) in [7, 11) is 1.67. The van der Waals surface area contributed by atoms with Crippen molar-refractivity contribution >= 4 is 10.9 Å². The van der Waals surface area contributed by atoms with E-state index >= 15 is 0 Å². The summed E-state index contributed by atoms with van der Waals surface area (Å²) in [5.41, 5.74) is 1.89. The smallest absolute Gasteiger partial charge is 0.145 e. The molecule has 2 aromatic heterocycles. The molecule has 0 aliphatic rings. The predicted octanol–water partition coefficient (Wildman–Crippen LogP) is 1.69. The lowest BCUT2D eigenvalue weighted by Crippen LogP contribution is -2.18. The fourth-order valence-electron chi connectivity index (χ4n) is 2.20. The van der Waals surface area contributed by atoms with Crippen LogP contribution in [0, 0.1) is 0 Å². The highest BCUT2D eigenvalue weighted by atomic mass is 16.5. The van der Waals surface area contributed by atoms with E-state index in [1.54, 1.807) is 7.11 Å². The molecule has 0 radical (unpaired) electrons. The first-order valence-electron chi connectivity index (χ1n) is 6.84. The van der Waals surface area contributed by atoms with E-state index in [4.69, 9.17) is 4.74 Å². The van der Waals surface area contributed by atoms with Gasteiger partial charge in [0.15, 0.2) is 0 Å². The van der Waals surface area contributed by atoms with Crippen LogP contribution >= 0.6 is 0 Å². The molecule has 0 saturated carbocycles. The number of ether oxygens (including phenoxy) is 1. The second-order valence-corrected chi connectivity index (χ2v) is 4.69. The SMILES string of the molecule is COc1cccc2ccc(CNCCc3ncn[nH]3)nc12. The number of H-pyrrole nitrogens is 1. The summed E-state index contributed by atoms with van der Waals surface area (Å²) in [4.78, 5) is 8.74. The first-order valence-corrected chi connectivity index (χ1v) is 6.84. The standard InChI is InChI=1S/C15H17N5O/c1-21-13-4-2-3-11-5-6-12(19-15(11)13)9-16-8-7-14-17-10-18-20-14/h2-6,10,16H,7-9H2,1H3,(H,17,18,20). The largest absolute Gasteiger partial charge is 0.494 e. The minimum atomic E-state index is 0.710. The van der Waals surface area contributed by atoms with E-state index in [9.17, 15) is 0 Å². The number of rotatable bonds is 6. The highest BCUT2D eigenvalue weighted by Gasteiger charge is 2.04. The van der Waals surface area contributed by atoms with Gasteiger partial charge < -0.3 is 10.1 Å². The third-order valence-electron chi connectivity index (χ3n) is 3.27. The Balaban J connectivity index is 1.64. The molecular weight excluding hydrogens is 266 g/mol. The molecular formula is C15H17N5O. The number of hydrogen-bond donors (Lipinski definition) is 2. The highest BCUT2D eigenvalue weighted by Crippen LogP contribution is 2.23. The fraction of sp³-hybridized carbons (Fsp3) is 0.267. The molecule has 108 valence electrons. The molecule has 0 amide bonds. The molecule has 3 rings (SSSR count). The van der Waals surface area contributed by atoms with Crippen LogP contribution in [0.25, 0.3) is 10.9 Å². The summed E-state index contributed by atoms with van der Waals surface area (Å²) in [5.74, 6) is 1.69. The van der Waals surface area contributed by atoms with E-state index in [1.807, 2.05) is 24.3 Å². The third kappa shape index (κ3) is 3.17. The zero-order valence-corrected chi connectivity index (χ0v) is 11.8. The van der Waals surface area contributed by atoms with Crippen molar-refractivity contribution in [2.75, 3.05) is 13.7 Å². The van der Waals surface area contributed by atoms with Gasteiger partial charge in [-0.3, -0.25) is 5.10 Å². The van der Waals surface area contributed by atoms with Gasteiger partial charge in [0.25, 0.3) is 0 Å². The Hall–Kier alpha value is -2.47. The summed E-state index contributed by atoms with van der Waals surface area (Å²) < 4.78 is 5.35. The van der Waals surface area contributed by atoms with Gasteiger partial charge in [-0.25, -0.2) is 9.97 Å². The normalized spacial score (nSPS) is 10.9. The van der Waals surface area contributed by atoms with Gasteiger partial charge in [0, 0.05) is 24.9 Å². The first-order chi connectivity index (χ1) is 10.4. The van der Waals surface area contributed by atoms with Gasteiger partial charge in [0.05, 0.1) is 12.8 Å². The van der Waals surface area contributed by atoms with E-state index in [1.165, 1.54) is 6.33 Å². The number of aromatic nitrogens is 4. The molecule has 2 N–H and O–H groups in total. The zero-order valence-electron chi connectivity index (χ0n) is 11.8. The summed E-state index contributed by atoms with van der Waals surface area (Å²) in [6, 6.07) is 10.0. The maximum atomic E-state index is 5.35. The Labute approximate surface area is 122 Å². The van der Waals surface area contributed by atoms with E-state index in [0.29, 0.717) is 6.54 Å². The molecule has 3 aromatic rings. The van der Waals surface area contributed by atoms with Gasteiger partial charge in [-0.2, -0.15) is 5.10 Å². The lowest BCUT2D eigenvalue weighted by Gasteiger charge is -2.07.